The van der Waals surface area contributed by atoms with Crippen molar-refractivity contribution in [3.8, 4) is 0 Å². The molecule has 1 saturated heterocycles. The van der Waals surface area contributed by atoms with E-state index in [9.17, 15) is 14.4 Å². The van der Waals surface area contributed by atoms with Crippen molar-refractivity contribution >= 4 is 17.8 Å². The summed E-state index contributed by atoms with van der Waals surface area (Å²) in [4.78, 5) is 37.5. The van der Waals surface area contributed by atoms with Crippen LogP contribution in [0.4, 0.5) is 0 Å². The van der Waals surface area contributed by atoms with E-state index in [0.717, 1.165) is 11.1 Å². The quantitative estimate of drug-likeness (QED) is 0.408. The van der Waals surface area contributed by atoms with Crippen LogP contribution in [0.15, 0.2) is 60.7 Å². The average molecular weight is 382 g/mol. The van der Waals surface area contributed by atoms with Gasteiger partial charge in [-0.05, 0) is 18.1 Å². The Morgan fingerprint density at radius 1 is 0.929 bits per heavy atom. The van der Waals surface area contributed by atoms with E-state index < -0.39 is 29.5 Å². The van der Waals surface area contributed by atoms with Gasteiger partial charge in [0.25, 0.3) is 17.4 Å². The molecule has 0 aliphatic carbocycles. The first-order chi connectivity index (χ1) is 13.6. The molecule has 3 rings (SSSR count). The van der Waals surface area contributed by atoms with Crippen LogP contribution in [0.25, 0.3) is 0 Å². The van der Waals surface area contributed by atoms with Gasteiger partial charge in [0.15, 0.2) is 6.10 Å². The highest BCUT2D eigenvalue weighted by Crippen LogP contribution is 2.38. The van der Waals surface area contributed by atoms with E-state index in [-0.39, 0.29) is 19.7 Å². The Balaban J connectivity index is 1.65. The normalized spacial score (nSPS) is 20.1. The summed E-state index contributed by atoms with van der Waals surface area (Å²) in [5.74, 6) is -2.08. The van der Waals surface area contributed by atoms with Crippen LogP contribution >= 0.6 is 0 Å². The Bertz CT molecular complexity index is 840. The largest absolute Gasteiger partial charge is 0.463 e. The number of epoxide rings is 1. The van der Waals surface area contributed by atoms with E-state index in [0.29, 0.717) is 0 Å². The predicted octanol–water partition coefficient (Wildman–Crippen LogP) is 1.32. The number of nitrogens with one attached hydrogen (secondary N) is 2. The minimum Gasteiger partial charge on any atom is -0.463 e. The van der Waals surface area contributed by atoms with Crippen LogP contribution in [0.5, 0.6) is 0 Å². The van der Waals surface area contributed by atoms with E-state index in [2.05, 4.69) is 10.6 Å². The van der Waals surface area contributed by atoms with Crippen LogP contribution in [0.3, 0.4) is 0 Å². The van der Waals surface area contributed by atoms with Gasteiger partial charge in [0, 0.05) is 13.1 Å². The Kier molecular flexibility index (Phi) is 6.06. The Labute approximate surface area is 163 Å². The molecule has 2 aromatic rings. The predicted molar refractivity (Wildman–Crippen MR) is 101 cm³/mol. The lowest BCUT2D eigenvalue weighted by molar-refractivity contribution is -0.154. The van der Waals surface area contributed by atoms with Gasteiger partial charge in [-0.3, -0.25) is 9.59 Å². The van der Waals surface area contributed by atoms with E-state index in [1.807, 2.05) is 60.7 Å². The average Bonchev–Trinajstić information content (AvgIpc) is 3.49. The molecule has 0 bridgehead atoms. The van der Waals surface area contributed by atoms with Crippen LogP contribution in [0.2, 0.25) is 0 Å². The molecule has 1 fully saturated rings. The number of hydrogen-bond acceptors (Lipinski definition) is 5. The number of ether oxygens (including phenoxy) is 2. The standard InChI is InChI=1S/C21H22N2O5/c1-2-27-20(26)21(19(25)23-14-16-11-7-4-8-12-16)17(28-21)18(24)22-13-15-9-5-3-6-10-15/h3-12,17H,2,13-14H2,1H3,(H,22,24)(H,23,25)/t17-,21-/m1/s1. The van der Waals surface area contributed by atoms with Crippen molar-refractivity contribution in [3.63, 3.8) is 0 Å². The molecule has 28 heavy (non-hydrogen) atoms. The molecule has 1 aliphatic rings. The van der Waals surface area contributed by atoms with Gasteiger partial charge >= 0.3 is 5.97 Å². The molecule has 0 saturated carbocycles. The zero-order chi connectivity index (χ0) is 20.0. The van der Waals surface area contributed by atoms with Crippen LogP contribution < -0.4 is 10.6 Å². The van der Waals surface area contributed by atoms with Crippen LogP contribution in [0, 0.1) is 0 Å². The third kappa shape index (κ3) is 4.20. The number of carbonyl (C=O) groups is 3. The summed E-state index contributed by atoms with van der Waals surface area (Å²) < 4.78 is 10.3. The van der Waals surface area contributed by atoms with Gasteiger partial charge in [-0.25, -0.2) is 4.79 Å². The summed E-state index contributed by atoms with van der Waals surface area (Å²) in [6.07, 6.45) is -1.22. The first-order valence-electron chi connectivity index (χ1n) is 9.07. The summed E-state index contributed by atoms with van der Waals surface area (Å²) >= 11 is 0. The number of amides is 2. The van der Waals surface area contributed by atoms with Crippen molar-refractivity contribution in [2.75, 3.05) is 6.61 Å². The van der Waals surface area contributed by atoms with Crippen molar-refractivity contribution in [1.29, 1.82) is 0 Å². The molecule has 0 radical (unpaired) electrons. The number of rotatable bonds is 8. The smallest absolute Gasteiger partial charge is 0.351 e. The third-order valence-corrected chi connectivity index (χ3v) is 4.38. The molecule has 1 aliphatic heterocycles. The van der Waals surface area contributed by atoms with Crippen LogP contribution in [-0.4, -0.2) is 36.1 Å². The molecule has 146 valence electrons. The second-order valence-electron chi connectivity index (χ2n) is 6.33. The van der Waals surface area contributed by atoms with E-state index in [1.54, 1.807) is 6.92 Å². The lowest BCUT2D eigenvalue weighted by Crippen LogP contribution is -2.48. The first kappa shape index (κ1) is 19.6. The SMILES string of the molecule is CCOC(=O)[C@@]1(C(=O)NCc2ccccc2)O[C@@H]1C(=O)NCc1ccccc1. The zero-order valence-corrected chi connectivity index (χ0v) is 15.5. The van der Waals surface area contributed by atoms with Crippen molar-refractivity contribution in [2.45, 2.75) is 31.7 Å². The van der Waals surface area contributed by atoms with Crippen LogP contribution in [0.1, 0.15) is 18.1 Å². The highest BCUT2D eigenvalue weighted by Gasteiger charge is 2.73. The summed E-state index contributed by atoms with van der Waals surface area (Å²) in [7, 11) is 0. The van der Waals surface area contributed by atoms with Crippen molar-refractivity contribution in [1.82, 2.24) is 10.6 Å². The maximum atomic E-state index is 12.7. The molecule has 7 heteroatoms. The van der Waals surface area contributed by atoms with Gasteiger partial charge in [0.05, 0.1) is 6.61 Å². The fourth-order valence-electron chi connectivity index (χ4n) is 2.84. The van der Waals surface area contributed by atoms with Gasteiger partial charge in [-0.15, -0.1) is 0 Å². The van der Waals surface area contributed by atoms with Gasteiger partial charge in [0.1, 0.15) is 0 Å². The summed E-state index contributed by atoms with van der Waals surface area (Å²) in [5, 5.41) is 5.34. The molecular formula is C21H22N2O5. The monoisotopic (exact) mass is 382 g/mol. The fraction of sp³-hybridized carbons (Fsp3) is 0.286. The number of hydrogen-bond donors (Lipinski definition) is 2. The molecule has 2 aromatic carbocycles. The van der Waals surface area contributed by atoms with Crippen molar-refractivity contribution in [3.05, 3.63) is 71.8 Å². The molecule has 2 amide bonds. The summed E-state index contributed by atoms with van der Waals surface area (Å²) in [5.41, 5.74) is -0.182. The van der Waals surface area contributed by atoms with E-state index >= 15 is 0 Å². The van der Waals surface area contributed by atoms with Gasteiger partial charge in [-0.1, -0.05) is 60.7 Å². The van der Waals surface area contributed by atoms with Gasteiger partial charge in [-0.2, -0.15) is 0 Å². The Hall–Kier alpha value is -3.19. The minimum atomic E-state index is -1.94. The second kappa shape index (κ2) is 8.67. The van der Waals surface area contributed by atoms with Crippen molar-refractivity contribution < 1.29 is 23.9 Å². The number of benzene rings is 2. The Morgan fingerprint density at radius 3 is 2.00 bits per heavy atom. The lowest BCUT2D eigenvalue weighted by atomic mass is 10.0. The number of carbonyl (C=O) groups excluding carboxylic acids is 3. The van der Waals surface area contributed by atoms with E-state index in [4.69, 9.17) is 9.47 Å². The molecule has 0 aromatic heterocycles. The molecule has 0 spiro atoms. The topological polar surface area (TPSA) is 97.0 Å². The zero-order valence-electron chi connectivity index (χ0n) is 15.5. The maximum Gasteiger partial charge on any atom is 0.351 e. The third-order valence-electron chi connectivity index (χ3n) is 4.38. The second-order valence-corrected chi connectivity index (χ2v) is 6.33. The van der Waals surface area contributed by atoms with Gasteiger partial charge in [0.2, 0.25) is 0 Å². The maximum absolute atomic E-state index is 12.7. The molecule has 2 atom stereocenters. The van der Waals surface area contributed by atoms with E-state index in [1.165, 1.54) is 0 Å². The van der Waals surface area contributed by atoms with Gasteiger partial charge < -0.3 is 20.1 Å². The Morgan fingerprint density at radius 2 is 1.46 bits per heavy atom. The highest BCUT2D eigenvalue weighted by atomic mass is 16.7. The minimum absolute atomic E-state index is 0.0776. The molecule has 1 heterocycles. The van der Waals surface area contributed by atoms with Crippen LogP contribution in [-0.2, 0) is 36.9 Å². The summed E-state index contributed by atoms with van der Waals surface area (Å²) in [6, 6.07) is 18.5. The lowest BCUT2D eigenvalue weighted by Gasteiger charge is -2.12. The fourth-order valence-corrected chi connectivity index (χ4v) is 2.84. The molecular weight excluding hydrogens is 360 g/mol. The molecule has 7 nitrogen and oxygen atoms in total. The summed E-state index contributed by atoms with van der Waals surface area (Å²) in [6.45, 7) is 2.18. The number of esters is 1. The molecule has 0 unspecified atom stereocenters. The first-order valence-corrected chi connectivity index (χ1v) is 9.07. The van der Waals surface area contributed by atoms with Crippen molar-refractivity contribution in [2.24, 2.45) is 0 Å². The highest BCUT2D eigenvalue weighted by molar-refractivity contribution is 6.15. The molecule has 2 N–H and O–H groups in total.